The van der Waals surface area contributed by atoms with Crippen molar-refractivity contribution in [2.75, 3.05) is 26.7 Å². The van der Waals surface area contributed by atoms with E-state index in [4.69, 9.17) is 4.52 Å². The van der Waals surface area contributed by atoms with Crippen molar-refractivity contribution in [2.24, 2.45) is 0 Å². The summed E-state index contributed by atoms with van der Waals surface area (Å²) in [5.74, 6) is 0.971. The van der Waals surface area contributed by atoms with Gasteiger partial charge in [-0.1, -0.05) is 5.16 Å². The van der Waals surface area contributed by atoms with Gasteiger partial charge < -0.3 is 9.84 Å². The van der Waals surface area contributed by atoms with Crippen LogP contribution in [0.15, 0.2) is 22.9 Å². The van der Waals surface area contributed by atoms with Crippen LogP contribution in [-0.4, -0.2) is 57.2 Å². The van der Waals surface area contributed by atoms with Gasteiger partial charge in [0, 0.05) is 37.8 Å². The van der Waals surface area contributed by atoms with Crippen molar-refractivity contribution in [2.45, 2.75) is 32.6 Å². The van der Waals surface area contributed by atoms with Crippen molar-refractivity contribution in [1.82, 2.24) is 30.0 Å². The summed E-state index contributed by atoms with van der Waals surface area (Å²) < 4.78 is 7.46. The molecule has 1 aliphatic heterocycles. The zero-order valence-electron chi connectivity index (χ0n) is 15.9. The molecule has 8 nitrogen and oxygen atoms in total. The minimum absolute atomic E-state index is 0.0385. The Hall–Kier alpha value is -2.74. The maximum absolute atomic E-state index is 11.8. The number of aryl methyl sites for hydroxylation is 2. The number of likely N-dealkylation sites (N-methyl/N-ethyl adjacent to an activating group) is 1. The molecule has 0 bridgehead atoms. The summed E-state index contributed by atoms with van der Waals surface area (Å²) in [5, 5.41) is 11.4. The number of nitrogens with one attached hydrogen (secondary N) is 1. The Morgan fingerprint density at radius 1 is 1.33 bits per heavy atom. The van der Waals surface area contributed by atoms with E-state index in [1.807, 2.05) is 36.7 Å². The summed E-state index contributed by atoms with van der Waals surface area (Å²) in [7, 11) is 1.67. The Labute approximate surface area is 157 Å². The third kappa shape index (κ3) is 3.44. The largest absolute Gasteiger partial charge is 0.358 e. The van der Waals surface area contributed by atoms with Gasteiger partial charge in [-0.25, -0.2) is 9.50 Å². The number of fused-ring (bicyclic) bond motifs is 1. The SMILES string of the molecule is CNC(=O)CN1CCC[C@@H](c2c(-c3cc(C)no3)cnc3cc(C)nn23)C1. The number of rotatable bonds is 4. The highest BCUT2D eigenvalue weighted by Crippen LogP contribution is 2.34. The van der Waals surface area contributed by atoms with Gasteiger partial charge in [0.2, 0.25) is 5.91 Å². The predicted octanol–water partition coefficient (Wildman–Crippen LogP) is 1.93. The van der Waals surface area contributed by atoms with Crippen LogP contribution >= 0.6 is 0 Å². The number of carbonyl (C=O) groups is 1. The number of hydrogen-bond donors (Lipinski definition) is 1. The number of carbonyl (C=O) groups excluding carboxylic acids is 1. The zero-order chi connectivity index (χ0) is 19.0. The second kappa shape index (κ2) is 7.11. The Bertz CT molecular complexity index is 976. The van der Waals surface area contributed by atoms with Gasteiger partial charge in [-0.3, -0.25) is 9.69 Å². The number of amides is 1. The molecule has 1 N–H and O–H groups in total. The van der Waals surface area contributed by atoms with E-state index in [-0.39, 0.29) is 11.8 Å². The molecule has 8 heteroatoms. The maximum atomic E-state index is 11.8. The molecule has 1 atom stereocenters. The van der Waals surface area contributed by atoms with Crippen molar-refractivity contribution in [3.05, 3.63) is 35.4 Å². The Kier molecular flexibility index (Phi) is 4.65. The summed E-state index contributed by atoms with van der Waals surface area (Å²) >= 11 is 0. The monoisotopic (exact) mass is 368 g/mol. The highest BCUT2D eigenvalue weighted by Gasteiger charge is 2.28. The highest BCUT2D eigenvalue weighted by atomic mass is 16.5. The molecule has 0 aromatic carbocycles. The predicted molar refractivity (Wildman–Crippen MR) is 100 cm³/mol. The van der Waals surface area contributed by atoms with Crippen LogP contribution in [0.4, 0.5) is 0 Å². The van der Waals surface area contributed by atoms with Gasteiger partial charge in [0.15, 0.2) is 11.4 Å². The van der Waals surface area contributed by atoms with E-state index >= 15 is 0 Å². The van der Waals surface area contributed by atoms with Crippen LogP contribution in [0.3, 0.4) is 0 Å². The van der Waals surface area contributed by atoms with E-state index in [2.05, 4.69) is 25.5 Å². The number of nitrogens with zero attached hydrogens (tertiary/aromatic N) is 5. The van der Waals surface area contributed by atoms with Crippen LogP contribution in [0.5, 0.6) is 0 Å². The molecule has 0 unspecified atom stereocenters. The number of piperidine rings is 1. The average molecular weight is 368 g/mol. The van der Waals surface area contributed by atoms with E-state index in [1.54, 1.807) is 7.05 Å². The summed E-state index contributed by atoms with van der Waals surface area (Å²) in [6.07, 6.45) is 3.91. The average Bonchev–Trinajstić information content (AvgIpc) is 3.25. The fraction of sp³-hybridized carbons (Fsp3) is 0.474. The van der Waals surface area contributed by atoms with Crippen LogP contribution in [0, 0.1) is 13.8 Å². The van der Waals surface area contributed by atoms with Crippen molar-refractivity contribution in [3.8, 4) is 11.3 Å². The fourth-order valence-electron chi connectivity index (χ4n) is 3.84. The third-order valence-corrected chi connectivity index (χ3v) is 5.07. The lowest BCUT2D eigenvalue weighted by atomic mass is 9.91. The van der Waals surface area contributed by atoms with Crippen LogP contribution in [-0.2, 0) is 4.79 Å². The second-order valence-electron chi connectivity index (χ2n) is 7.19. The summed E-state index contributed by atoms with van der Waals surface area (Å²) in [6.45, 7) is 6.01. The number of aromatic nitrogens is 4. The molecular formula is C19H24N6O2. The normalized spacial score (nSPS) is 18.1. The van der Waals surface area contributed by atoms with Crippen LogP contribution in [0.1, 0.15) is 35.8 Å². The van der Waals surface area contributed by atoms with Gasteiger partial charge >= 0.3 is 0 Å². The first-order chi connectivity index (χ1) is 13.0. The van der Waals surface area contributed by atoms with Gasteiger partial charge in [-0.05, 0) is 33.2 Å². The number of hydrogen-bond acceptors (Lipinski definition) is 6. The summed E-state index contributed by atoms with van der Waals surface area (Å²) in [4.78, 5) is 18.6. The standard InChI is InChI=1S/C19H24N6O2/c1-12-8-17-21-9-15(16-7-13(2)23-27-16)19(25(17)22-12)14-5-4-6-24(10-14)11-18(26)20-3/h7-9,14H,4-6,10-11H2,1-3H3,(H,20,26)/t14-/m1/s1. The van der Waals surface area contributed by atoms with Crippen molar-refractivity contribution < 1.29 is 9.32 Å². The molecule has 3 aromatic rings. The highest BCUT2D eigenvalue weighted by molar-refractivity contribution is 5.77. The van der Waals surface area contributed by atoms with Gasteiger partial charge in [0.25, 0.3) is 0 Å². The smallest absolute Gasteiger partial charge is 0.233 e. The quantitative estimate of drug-likeness (QED) is 0.757. The molecule has 0 saturated carbocycles. The molecule has 142 valence electrons. The fourth-order valence-corrected chi connectivity index (χ4v) is 3.84. The molecule has 0 aliphatic carbocycles. The molecule has 1 amide bonds. The summed E-state index contributed by atoms with van der Waals surface area (Å²) in [5.41, 5.74) is 4.57. The maximum Gasteiger partial charge on any atom is 0.233 e. The van der Waals surface area contributed by atoms with Crippen molar-refractivity contribution in [3.63, 3.8) is 0 Å². The van der Waals surface area contributed by atoms with Crippen molar-refractivity contribution >= 4 is 11.6 Å². The van der Waals surface area contributed by atoms with Crippen LogP contribution in [0.2, 0.25) is 0 Å². The number of likely N-dealkylation sites (tertiary alicyclic amines) is 1. The lowest BCUT2D eigenvalue weighted by molar-refractivity contribution is -0.122. The van der Waals surface area contributed by atoms with Crippen LogP contribution < -0.4 is 5.32 Å². The minimum Gasteiger partial charge on any atom is -0.358 e. The van der Waals surface area contributed by atoms with Gasteiger partial charge in [0.05, 0.1) is 29.2 Å². The zero-order valence-corrected chi connectivity index (χ0v) is 15.9. The first-order valence-electron chi connectivity index (χ1n) is 9.27. The third-order valence-electron chi connectivity index (χ3n) is 5.07. The van der Waals surface area contributed by atoms with E-state index in [9.17, 15) is 4.79 Å². The van der Waals surface area contributed by atoms with Crippen molar-refractivity contribution in [1.29, 1.82) is 0 Å². The first kappa shape index (κ1) is 17.7. The van der Waals surface area contributed by atoms with Crippen LogP contribution in [0.25, 0.3) is 17.0 Å². The Morgan fingerprint density at radius 3 is 2.93 bits per heavy atom. The molecule has 1 fully saturated rings. The van der Waals surface area contributed by atoms with Gasteiger partial charge in [-0.2, -0.15) is 5.10 Å². The molecule has 4 heterocycles. The van der Waals surface area contributed by atoms with E-state index in [1.165, 1.54) is 0 Å². The Balaban J connectivity index is 1.77. The van der Waals surface area contributed by atoms with E-state index in [0.717, 1.165) is 54.2 Å². The van der Waals surface area contributed by atoms with E-state index in [0.29, 0.717) is 12.3 Å². The lowest BCUT2D eigenvalue weighted by Crippen LogP contribution is -2.41. The topological polar surface area (TPSA) is 88.6 Å². The lowest BCUT2D eigenvalue weighted by Gasteiger charge is -2.33. The molecule has 27 heavy (non-hydrogen) atoms. The van der Waals surface area contributed by atoms with E-state index < -0.39 is 0 Å². The molecule has 3 aromatic heterocycles. The minimum atomic E-state index is 0.0385. The molecular weight excluding hydrogens is 344 g/mol. The molecule has 0 radical (unpaired) electrons. The second-order valence-corrected chi connectivity index (χ2v) is 7.19. The first-order valence-corrected chi connectivity index (χ1v) is 9.27. The van der Waals surface area contributed by atoms with Gasteiger partial charge in [0.1, 0.15) is 0 Å². The van der Waals surface area contributed by atoms with Gasteiger partial charge in [-0.15, -0.1) is 0 Å². The molecule has 1 saturated heterocycles. The summed E-state index contributed by atoms with van der Waals surface area (Å²) in [6, 6.07) is 3.90. The molecule has 1 aliphatic rings. The molecule has 4 rings (SSSR count). The molecule has 0 spiro atoms. The Morgan fingerprint density at radius 2 is 2.19 bits per heavy atom.